The third kappa shape index (κ3) is 2.25. The fourth-order valence-corrected chi connectivity index (χ4v) is 0.323. The fourth-order valence-electron chi connectivity index (χ4n) is 0.323. The quantitative estimate of drug-likeness (QED) is 0.267. The zero-order valence-electron chi connectivity index (χ0n) is 4.94. The molecule has 3 heteroatoms. The highest BCUT2D eigenvalue weighted by Crippen LogP contribution is 1.81. The highest BCUT2D eigenvalue weighted by atomic mass is 15.2. The van der Waals surface area contributed by atoms with Crippen LogP contribution >= 0.6 is 0 Å². The predicted molar refractivity (Wildman–Crippen MR) is 34.7 cm³/mol. The van der Waals surface area contributed by atoms with Crippen molar-refractivity contribution in [2.45, 2.75) is 0 Å². The molecule has 0 atom stereocenters. The highest BCUT2D eigenvalue weighted by Gasteiger charge is 1.78. The van der Waals surface area contributed by atoms with Gasteiger partial charge in [-0.15, -0.1) is 0 Å². The van der Waals surface area contributed by atoms with Gasteiger partial charge in [0.2, 0.25) is 0 Å². The first kappa shape index (κ1) is 7.04. The highest BCUT2D eigenvalue weighted by molar-refractivity contribution is 5.11. The Morgan fingerprint density at radius 3 is 2.50 bits per heavy atom. The van der Waals surface area contributed by atoms with Gasteiger partial charge < -0.3 is 10.7 Å². The summed E-state index contributed by atoms with van der Waals surface area (Å²) in [7, 11) is 1.80. The second-order valence-corrected chi connectivity index (χ2v) is 1.22. The minimum atomic E-state index is 0.868. The van der Waals surface area contributed by atoms with Crippen molar-refractivity contribution in [3.05, 3.63) is 24.6 Å². The molecule has 0 unspecified atom stereocenters. The van der Waals surface area contributed by atoms with E-state index in [9.17, 15) is 0 Å². The van der Waals surface area contributed by atoms with Gasteiger partial charge in [-0.3, -0.25) is 5.84 Å². The normalized spacial score (nSPS) is 10.5. The number of hydrazine groups is 1. The maximum Gasteiger partial charge on any atom is 0.0505 e. The van der Waals surface area contributed by atoms with E-state index >= 15 is 0 Å². The van der Waals surface area contributed by atoms with Crippen LogP contribution in [0.15, 0.2) is 24.6 Å². The van der Waals surface area contributed by atoms with Gasteiger partial charge >= 0.3 is 0 Å². The number of nitrogens with one attached hydrogen (secondary N) is 2. The summed E-state index contributed by atoms with van der Waals surface area (Å²) in [6.07, 6.45) is 3.28. The van der Waals surface area contributed by atoms with Crippen LogP contribution < -0.4 is 16.6 Å². The molecule has 0 saturated carbocycles. The van der Waals surface area contributed by atoms with E-state index in [2.05, 4.69) is 17.3 Å². The van der Waals surface area contributed by atoms with Crippen molar-refractivity contribution in [2.24, 2.45) is 5.84 Å². The van der Waals surface area contributed by atoms with Crippen molar-refractivity contribution in [1.29, 1.82) is 0 Å². The summed E-state index contributed by atoms with van der Waals surface area (Å²) in [6, 6.07) is 0. The molecular formula is C5H11N3. The van der Waals surface area contributed by atoms with Crippen molar-refractivity contribution in [2.75, 3.05) is 7.05 Å². The van der Waals surface area contributed by atoms with Crippen molar-refractivity contribution in [3.8, 4) is 0 Å². The summed E-state index contributed by atoms with van der Waals surface area (Å²) >= 11 is 0. The van der Waals surface area contributed by atoms with E-state index in [4.69, 9.17) is 5.84 Å². The van der Waals surface area contributed by atoms with Gasteiger partial charge in [-0.2, -0.15) is 0 Å². The molecule has 0 aliphatic heterocycles. The molecule has 0 heterocycles. The third-order valence-electron chi connectivity index (χ3n) is 0.747. The van der Waals surface area contributed by atoms with E-state index in [0.717, 1.165) is 5.70 Å². The van der Waals surface area contributed by atoms with Gasteiger partial charge in [-0.25, -0.2) is 0 Å². The Morgan fingerprint density at radius 1 is 1.75 bits per heavy atom. The van der Waals surface area contributed by atoms with Crippen LogP contribution in [0.3, 0.4) is 0 Å². The Balaban J connectivity index is 3.66. The van der Waals surface area contributed by atoms with Gasteiger partial charge in [-0.05, 0) is 6.08 Å². The summed E-state index contributed by atoms with van der Waals surface area (Å²) in [5.74, 6) is 4.97. The monoisotopic (exact) mass is 113 g/mol. The molecule has 0 aromatic rings. The molecule has 0 aliphatic rings. The Morgan fingerprint density at radius 2 is 2.38 bits per heavy atom. The number of likely N-dealkylation sites (N-methyl/N-ethyl adjacent to an activating group) is 1. The van der Waals surface area contributed by atoms with E-state index < -0.39 is 0 Å². The molecule has 8 heavy (non-hydrogen) atoms. The molecule has 3 nitrogen and oxygen atoms in total. The molecule has 0 fully saturated rings. The third-order valence-corrected chi connectivity index (χ3v) is 0.747. The minimum Gasteiger partial charge on any atom is -0.387 e. The van der Waals surface area contributed by atoms with Crippen LogP contribution in [0.4, 0.5) is 0 Å². The van der Waals surface area contributed by atoms with Gasteiger partial charge in [0.1, 0.15) is 0 Å². The van der Waals surface area contributed by atoms with E-state index in [0.29, 0.717) is 0 Å². The van der Waals surface area contributed by atoms with Crippen molar-refractivity contribution in [3.63, 3.8) is 0 Å². The lowest BCUT2D eigenvalue weighted by Crippen LogP contribution is -2.17. The first-order valence-corrected chi connectivity index (χ1v) is 2.31. The Hall–Kier alpha value is -0.960. The SMILES string of the molecule is C=C/C(=C/NN)NC. The molecule has 4 N–H and O–H groups in total. The summed E-state index contributed by atoms with van der Waals surface area (Å²) in [4.78, 5) is 0. The maximum absolute atomic E-state index is 4.97. The molecule has 46 valence electrons. The van der Waals surface area contributed by atoms with Crippen LogP contribution in [0.2, 0.25) is 0 Å². The molecule has 0 radical (unpaired) electrons. The average molecular weight is 113 g/mol. The Bertz CT molecular complexity index is 95.8. The Labute approximate surface area is 49.2 Å². The first-order valence-electron chi connectivity index (χ1n) is 2.31. The van der Waals surface area contributed by atoms with Crippen LogP contribution in [0.5, 0.6) is 0 Å². The molecule has 0 rings (SSSR count). The zero-order valence-corrected chi connectivity index (χ0v) is 4.94. The molecule has 0 spiro atoms. The smallest absolute Gasteiger partial charge is 0.0505 e. The number of allylic oxidation sites excluding steroid dienone is 1. The van der Waals surface area contributed by atoms with E-state index in [1.807, 2.05) is 0 Å². The average Bonchev–Trinajstić information content (AvgIpc) is 1.83. The molecule has 0 aromatic carbocycles. The topological polar surface area (TPSA) is 50.1 Å². The van der Waals surface area contributed by atoms with E-state index in [1.54, 1.807) is 19.3 Å². The summed E-state index contributed by atoms with van der Waals surface area (Å²) in [6.45, 7) is 3.52. The van der Waals surface area contributed by atoms with Crippen LogP contribution in [-0.2, 0) is 0 Å². The molecule has 0 aromatic heterocycles. The maximum atomic E-state index is 4.97. The van der Waals surface area contributed by atoms with Crippen molar-refractivity contribution < 1.29 is 0 Å². The second-order valence-electron chi connectivity index (χ2n) is 1.22. The second kappa shape index (κ2) is 4.21. The number of hydrogen-bond acceptors (Lipinski definition) is 3. The fraction of sp³-hybridized carbons (Fsp3) is 0.200. The number of nitrogens with two attached hydrogens (primary N) is 1. The van der Waals surface area contributed by atoms with Crippen LogP contribution in [-0.4, -0.2) is 7.05 Å². The molecule has 0 aliphatic carbocycles. The van der Waals surface area contributed by atoms with Crippen molar-refractivity contribution >= 4 is 0 Å². The van der Waals surface area contributed by atoms with E-state index in [-0.39, 0.29) is 0 Å². The lowest BCUT2D eigenvalue weighted by molar-refractivity contribution is 0.918. The van der Waals surface area contributed by atoms with E-state index in [1.165, 1.54) is 0 Å². The molecule has 0 bridgehead atoms. The largest absolute Gasteiger partial charge is 0.387 e. The number of rotatable bonds is 3. The summed E-state index contributed by atoms with van der Waals surface area (Å²) in [5.41, 5.74) is 3.24. The van der Waals surface area contributed by atoms with Gasteiger partial charge in [0, 0.05) is 13.2 Å². The summed E-state index contributed by atoms with van der Waals surface area (Å²) < 4.78 is 0. The van der Waals surface area contributed by atoms with Gasteiger partial charge in [0.25, 0.3) is 0 Å². The summed E-state index contributed by atoms with van der Waals surface area (Å²) in [5, 5.41) is 2.85. The minimum absolute atomic E-state index is 0.868. The van der Waals surface area contributed by atoms with Crippen LogP contribution in [0, 0.1) is 0 Å². The number of hydrogen-bond donors (Lipinski definition) is 3. The van der Waals surface area contributed by atoms with Gasteiger partial charge in [0.05, 0.1) is 5.70 Å². The lowest BCUT2D eigenvalue weighted by Gasteiger charge is -1.96. The molecule has 0 saturated heterocycles. The van der Waals surface area contributed by atoms with Crippen LogP contribution in [0.1, 0.15) is 0 Å². The standard InChI is InChI=1S/C5H11N3/c1-3-5(7-2)4-8-6/h3-4,7-8H,1,6H2,2H3/b5-4-. The van der Waals surface area contributed by atoms with Gasteiger partial charge in [-0.1, -0.05) is 6.58 Å². The van der Waals surface area contributed by atoms with Gasteiger partial charge in [0.15, 0.2) is 0 Å². The first-order chi connectivity index (χ1) is 3.85. The molecule has 0 amide bonds. The predicted octanol–water partition coefficient (Wildman–Crippen LogP) is -0.304. The van der Waals surface area contributed by atoms with Crippen molar-refractivity contribution in [1.82, 2.24) is 10.7 Å². The lowest BCUT2D eigenvalue weighted by atomic mass is 10.5. The Kier molecular flexibility index (Phi) is 3.70. The zero-order chi connectivity index (χ0) is 6.41. The van der Waals surface area contributed by atoms with Crippen LogP contribution in [0.25, 0.3) is 0 Å². The molecular weight excluding hydrogens is 102 g/mol.